The molecular weight excluding hydrogens is 362 g/mol. The van der Waals surface area contributed by atoms with Gasteiger partial charge in [0.05, 0.1) is 0 Å². The van der Waals surface area contributed by atoms with Crippen LogP contribution in [0.2, 0.25) is 0 Å². The summed E-state index contributed by atoms with van der Waals surface area (Å²) in [7, 11) is 0. The van der Waals surface area contributed by atoms with Crippen LogP contribution in [0.15, 0.2) is 72.8 Å². The zero-order valence-corrected chi connectivity index (χ0v) is 16.3. The van der Waals surface area contributed by atoms with Crippen LogP contribution in [0.5, 0.6) is 0 Å². The molecule has 5 nitrogen and oxygen atoms in total. The molecule has 3 amide bonds. The standard InChI is InChI=1S/C24H23N3O2/c1-17-7-5-11-20(15-17)25-24(29)26-21-12-13-22-19(16-21)10-6-14-27(22)23(28)18-8-3-2-4-9-18/h2-5,7-9,11-13,15-16H,6,10,14H2,1H3,(H2,25,26,29). The van der Waals surface area contributed by atoms with Crippen LogP contribution in [-0.2, 0) is 6.42 Å². The van der Waals surface area contributed by atoms with Crippen LogP contribution in [0.25, 0.3) is 0 Å². The van der Waals surface area contributed by atoms with E-state index in [1.165, 1.54) is 0 Å². The number of carbonyl (C=O) groups is 2. The van der Waals surface area contributed by atoms with Crippen LogP contribution < -0.4 is 15.5 Å². The highest BCUT2D eigenvalue weighted by Gasteiger charge is 2.23. The maximum Gasteiger partial charge on any atom is 0.323 e. The second-order valence-electron chi connectivity index (χ2n) is 7.22. The van der Waals surface area contributed by atoms with Gasteiger partial charge in [0.15, 0.2) is 0 Å². The second kappa shape index (κ2) is 8.19. The van der Waals surface area contributed by atoms with Crippen molar-refractivity contribution in [3.05, 3.63) is 89.5 Å². The van der Waals surface area contributed by atoms with E-state index in [9.17, 15) is 9.59 Å². The number of fused-ring (bicyclic) bond motifs is 1. The van der Waals surface area contributed by atoms with Gasteiger partial charge in [-0.2, -0.15) is 0 Å². The molecule has 3 aromatic rings. The molecule has 146 valence electrons. The normalized spacial score (nSPS) is 12.8. The molecule has 1 heterocycles. The Bertz CT molecular complexity index is 1050. The highest BCUT2D eigenvalue weighted by atomic mass is 16.2. The first-order valence-electron chi connectivity index (χ1n) is 9.75. The van der Waals surface area contributed by atoms with Gasteiger partial charge < -0.3 is 15.5 Å². The summed E-state index contributed by atoms with van der Waals surface area (Å²) in [5, 5.41) is 5.73. The second-order valence-corrected chi connectivity index (χ2v) is 7.22. The lowest BCUT2D eigenvalue weighted by atomic mass is 10.00. The van der Waals surface area contributed by atoms with Gasteiger partial charge in [-0.05, 0) is 73.4 Å². The zero-order valence-electron chi connectivity index (χ0n) is 16.3. The van der Waals surface area contributed by atoms with E-state index in [4.69, 9.17) is 0 Å². The summed E-state index contributed by atoms with van der Waals surface area (Å²) in [6, 6.07) is 22.4. The molecule has 5 heteroatoms. The molecule has 1 aliphatic rings. The fraction of sp³-hybridized carbons (Fsp3) is 0.167. The van der Waals surface area contributed by atoms with Gasteiger partial charge in [-0.1, -0.05) is 30.3 Å². The van der Waals surface area contributed by atoms with Crippen LogP contribution >= 0.6 is 0 Å². The predicted molar refractivity (Wildman–Crippen MR) is 117 cm³/mol. The molecule has 29 heavy (non-hydrogen) atoms. The Morgan fingerprint density at radius 1 is 0.862 bits per heavy atom. The van der Waals surface area contributed by atoms with Crippen molar-refractivity contribution in [2.45, 2.75) is 19.8 Å². The van der Waals surface area contributed by atoms with Crippen molar-refractivity contribution >= 4 is 29.0 Å². The number of amides is 3. The minimum Gasteiger partial charge on any atom is -0.308 e. The number of nitrogens with zero attached hydrogens (tertiary/aromatic N) is 1. The average molecular weight is 385 g/mol. The number of nitrogens with one attached hydrogen (secondary N) is 2. The summed E-state index contributed by atoms with van der Waals surface area (Å²) in [5.41, 5.74) is 5.20. The summed E-state index contributed by atoms with van der Waals surface area (Å²) < 4.78 is 0. The van der Waals surface area contributed by atoms with Crippen LogP contribution in [0.4, 0.5) is 21.9 Å². The summed E-state index contributed by atoms with van der Waals surface area (Å²) in [4.78, 5) is 27.1. The van der Waals surface area contributed by atoms with E-state index < -0.39 is 0 Å². The number of hydrogen-bond acceptors (Lipinski definition) is 2. The number of aryl methyl sites for hydroxylation is 2. The van der Waals surface area contributed by atoms with E-state index in [0.717, 1.165) is 35.3 Å². The van der Waals surface area contributed by atoms with Gasteiger partial charge in [0.1, 0.15) is 0 Å². The average Bonchev–Trinajstić information content (AvgIpc) is 2.73. The molecular formula is C24H23N3O2. The topological polar surface area (TPSA) is 61.4 Å². The van der Waals surface area contributed by atoms with Crippen LogP contribution in [-0.4, -0.2) is 18.5 Å². The van der Waals surface area contributed by atoms with Gasteiger partial charge >= 0.3 is 6.03 Å². The van der Waals surface area contributed by atoms with E-state index in [1.54, 1.807) is 0 Å². The molecule has 0 bridgehead atoms. The molecule has 0 saturated heterocycles. The van der Waals surface area contributed by atoms with E-state index >= 15 is 0 Å². The van der Waals surface area contributed by atoms with Crippen molar-refractivity contribution < 1.29 is 9.59 Å². The fourth-order valence-corrected chi connectivity index (χ4v) is 3.64. The van der Waals surface area contributed by atoms with Gasteiger partial charge in [0.2, 0.25) is 0 Å². The van der Waals surface area contributed by atoms with Crippen molar-refractivity contribution in [3.8, 4) is 0 Å². The van der Waals surface area contributed by atoms with Crippen molar-refractivity contribution in [2.75, 3.05) is 22.1 Å². The maximum atomic E-state index is 12.9. The number of benzene rings is 3. The van der Waals surface area contributed by atoms with Gasteiger partial charge in [0, 0.05) is 29.2 Å². The Morgan fingerprint density at radius 2 is 1.62 bits per heavy atom. The lowest BCUT2D eigenvalue weighted by Crippen LogP contribution is -2.35. The van der Waals surface area contributed by atoms with Crippen molar-refractivity contribution in [3.63, 3.8) is 0 Å². The Morgan fingerprint density at radius 3 is 2.38 bits per heavy atom. The molecule has 0 aliphatic carbocycles. The highest BCUT2D eigenvalue weighted by molar-refractivity contribution is 6.07. The minimum atomic E-state index is -0.288. The smallest absolute Gasteiger partial charge is 0.308 e. The third-order valence-corrected chi connectivity index (χ3v) is 5.00. The van der Waals surface area contributed by atoms with Crippen LogP contribution in [0.1, 0.15) is 27.9 Å². The van der Waals surface area contributed by atoms with E-state index in [0.29, 0.717) is 17.8 Å². The lowest BCUT2D eigenvalue weighted by Gasteiger charge is -2.30. The van der Waals surface area contributed by atoms with Gasteiger partial charge in [-0.15, -0.1) is 0 Å². The molecule has 0 aromatic heterocycles. The summed E-state index contributed by atoms with van der Waals surface area (Å²) in [6.45, 7) is 2.68. The SMILES string of the molecule is Cc1cccc(NC(=O)Nc2ccc3c(c2)CCCN3C(=O)c2ccccc2)c1. The molecule has 4 rings (SSSR count). The summed E-state index contributed by atoms with van der Waals surface area (Å²) in [6.07, 6.45) is 1.77. The van der Waals surface area contributed by atoms with E-state index in [1.807, 2.05) is 84.6 Å². The number of urea groups is 1. The predicted octanol–water partition coefficient (Wildman–Crippen LogP) is 5.23. The number of hydrogen-bond donors (Lipinski definition) is 2. The number of rotatable bonds is 3. The van der Waals surface area contributed by atoms with Crippen molar-refractivity contribution in [2.24, 2.45) is 0 Å². The summed E-state index contributed by atoms with van der Waals surface area (Å²) >= 11 is 0. The first-order valence-corrected chi connectivity index (χ1v) is 9.75. The lowest BCUT2D eigenvalue weighted by molar-refractivity contribution is 0.0985. The van der Waals surface area contributed by atoms with E-state index in [-0.39, 0.29) is 11.9 Å². The largest absolute Gasteiger partial charge is 0.323 e. The molecule has 2 N–H and O–H groups in total. The molecule has 0 saturated carbocycles. The Hall–Kier alpha value is -3.60. The third-order valence-electron chi connectivity index (χ3n) is 5.00. The molecule has 3 aromatic carbocycles. The highest BCUT2D eigenvalue weighted by Crippen LogP contribution is 2.31. The molecule has 1 aliphatic heterocycles. The quantitative estimate of drug-likeness (QED) is 0.648. The Kier molecular flexibility index (Phi) is 5.29. The molecule has 0 unspecified atom stereocenters. The molecule has 0 radical (unpaired) electrons. The number of anilines is 3. The van der Waals surface area contributed by atoms with Gasteiger partial charge in [-0.3, -0.25) is 4.79 Å². The number of carbonyl (C=O) groups excluding carboxylic acids is 2. The Balaban J connectivity index is 1.49. The fourth-order valence-electron chi connectivity index (χ4n) is 3.64. The first-order chi connectivity index (χ1) is 14.1. The molecule has 0 fully saturated rings. The van der Waals surface area contributed by atoms with Gasteiger partial charge in [0.25, 0.3) is 5.91 Å². The third kappa shape index (κ3) is 4.29. The van der Waals surface area contributed by atoms with Crippen LogP contribution in [0.3, 0.4) is 0 Å². The summed E-state index contributed by atoms with van der Waals surface area (Å²) in [5.74, 6) is 0.00412. The van der Waals surface area contributed by atoms with Crippen LogP contribution in [0, 0.1) is 6.92 Å². The zero-order chi connectivity index (χ0) is 20.2. The first kappa shape index (κ1) is 18.7. The van der Waals surface area contributed by atoms with E-state index in [2.05, 4.69) is 10.6 Å². The van der Waals surface area contributed by atoms with Crippen molar-refractivity contribution in [1.82, 2.24) is 0 Å². The maximum absolute atomic E-state index is 12.9. The van der Waals surface area contributed by atoms with Crippen molar-refractivity contribution in [1.29, 1.82) is 0 Å². The molecule has 0 atom stereocenters. The molecule has 0 spiro atoms. The minimum absolute atomic E-state index is 0.00412. The Labute approximate surface area is 170 Å². The monoisotopic (exact) mass is 385 g/mol. The van der Waals surface area contributed by atoms with Gasteiger partial charge in [-0.25, -0.2) is 4.79 Å².